The lowest BCUT2D eigenvalue weighted by Gasteiger charge is -2.24. The van der Waals surface area contributed by atoms with Crippen LogP contribution in [0, 0.1) is 0 Å². The lowest BCUT2D eigenvalue weighted by molar-refractivity contribution is 0.0252. The van der Waals surface area contributed by atoms with E-state index in [-0.39, 0.29) is 6.04 Å². The van der Waals surface area contributed by atoms with Gasteiger partial charge in [0.15, 0.2) is 0 Å². The van der Waals surface area contributed by atoms with E-state index in [4.69, 9.17) is 27.9 Å². The Morgan fingerprint density at radius 2 is 2.28 bits per heavy atom. The van der Waals surface area contributed by atoms with E-state index in [2.05, 4.69) is 5.32 Å². The first-order valence-electron chi connectivity index (χ1n) is 5.99. The molecule has 1 fully saturated rings. The minimum Gasteiger partial charge on any atom is -0.386 e. The van der Waals surface area contributed by atoms with Crippen LogP contribution in [0.25, 0.3) is 0 Å². The maximum atomic E-state index is 10.2. The number of rotatable bonds is 4. The van der Waals surface area contributed by atoms with E-state index in [1.807, 2.05) is 19.1 Å². The Hall–Kier alpha value is -0.320. The fraction of sp³-hybridized carbons (Fsp3) is 0.538. The Morgan fingerprint density at radius 3 is 2.89 bits per heavy atom. The Kier molecular flexibility index (Phi) is 4.51. The van der Waals surface area contributed by atoms with Gasteiger partial charge in [0.05, 0.1) is 6.61 Å². The molecule has 1 aliphatic heterocycles. The van der Waals surface area contributed by atoms with Crippen molar-refractivity contribution in [1.29, 1.82) is 0 Å². The van der Waals surface area contributed by atoms with Gasteiger partial charge in [-0.05, 0) is 24.6 Å². The molecular weight excluding hydrogens is 273 g/mol. The first-order valence-corrected chi connectivity index (χ1v) is 6.74. The molecule has 1 aliphatic rings. The number of hydrogen-bond donors (Lipinski definition) is 2. The Morgan fingerprint density at radius 1 is 1.50 bits per heavy atom. The topological polar surface area (TPSA) is 41.5 Å². The van der Waals surface area contributed by atoms with Crippen LogP contribution in [-0.4, -0.2) is 30.5 Å². The predicted octanol–water partition coefficient (Wildman–Crippen LogP) is 2.80. The molecule has 2 unspecified atom stereocenters. The number of hydrogen-bond acceptors (Lipinski definition) is 3. The number of benzene rings is 1. The van der Waals surface area contributed by atoms with Gasteiger partial charge in [0.25, 0.3) is 0 Å². The maximum absolute atomic E-state index is 10.2. The van der Waals surface area contributed by atoms with E-state index in [0.717, 1.165) is 5.56 Å². The van der Waals surface area contributed by atoms with Gasteiger partial charge >= 0.3 is 0 Å². The second-order valence-corrected chi connectivity index (χ2v) is 5.64. The van der Waals surface area contributed by atoms with Gasteiger partial charge in [-0.3, -0.25) is 0 Å². The van der Waals surface area contributed by atoms with Gasteiger partial charge in [0, 0.05) is 35.7 Å². The van der Waals surface area contributed by atoms with E-state index in [0.29, 0.717) is 36.2 Å². The van der Waals surface area contributed by atoms with Gasteiger partial charge in [-0.2, -0.15) is 0 Å². The van der Waals surface area contributed by atoms with E-state index in [9.17, 15) is 5.11 Å². The second-order valence-electron chi connectivity index (χ2n) is 4.80. The lowest BCUT2D eigenvalue weighted by atomic mass is 10.0. The van der Waals surface area contributed by atoms with Crippen molar-refractivity contribution < 1.29 is 9.84 Å². The van der Waals surface area contributed by atoms with Crippen molar-refractivity contribution in [2.24, 2.45) is 0 Å². The van der Waals surface area contributed by atoms with Crippen molar-refractivity contribution in [3.63, 3.8) is 0 Å². The molecule has 3 nitrogen and oxygen atoms in total. The first kappa shape index (κ1) is 14.1. The third-order valence-electron chi connectivity index (χ3n) is 3.25. The average molecular weight is 290 g/mol. The monoisotopic (exact) mass is 289 g/mol. The minimum atomic E-state index is -0.757. The molecule has 1 heterocycles. The number of aliphatic hydroxyl groups is 1. The molecule has 2 atom stereocenters. The molecule has 0 saturated carbocycles. The molecule has 0 spiro atoms. The summed E-state index contributed by atoms with van der Waals surface area (Å²) in [5.74, 6) is 0. The van der Waals surface area contributed by atoms with Crippen molar-refractivity contribution in [2.45, 2.75) is 25.0 Å². The molecule has 0 aliphatic carbocycles. The smallest absolute Gasteiger partial charge is 0.103 e. The zero-order chi connectivity index (χ0) is 13.2. The highest BCUT2D eigenvalue weighted by Crippen LogP contribution is 2.27. The summed E-state index contributed by atoms with van der Waals surface area (Å²) in [6, 6.07) is 5.50. The van der Waals surface area contributed by atoms with E-state index >= 15 is 0 Å². The summed E-state index contributed by atoms with van der Waals surface area (Å²) >= 11 is 12.0. The van der Waals surface area contributed by atoms with Gasteiger partial charge in [-0.25, -0.2) is 0 Å². The van der Waals surface area contributed by atoms with Crippen molar-refractivity contribution >= 4 is 23.2 Å². The Labute approximate surface area is 117 Å². The summed E-state index contributed by atoms with van der Waals surface area (Å²) in [6.07, 6.45) is 0.668. The van der Waals surface area contributed by atoms with Crippen LogP contribution in [0.15, 0.2) is 18.2 Å². The van der Waals surface area contributed by atoms with Crippen LogP contribution in [0.1, 0.15) is 24.9 Å². The van der Waals surface area contributed by atoms with Crippen LogP contribution in [0.2, 0.25) is 10.0 Å². The van der Waals surface area contributed by atoms with Crippen molar-refractivity contribution in [1.82, 2.24) is 5.32 Å². The second kappa shape index (κ2) is 5.76. The molecule has 5 heteroatoms. The molecule has 0 radical (unpaired) electrons. The van der Waals surface area contributed by atoms with Crippen molar-refractivity contribution in [3.05, 3.63) is 33.8 Å². The molecule has 0 aromatic heterocycles. The van der Waals surface area contributed by atoms with Gasteiger partial charge in [-0.1, -0.05) is 29.3 Å². The molecule has 2 N–H and O–H groups in total. The average Bonchev–Trinajstić information content (AvgIpc) is 2.74. The zero-order valence-corrected chi connectivity index (χ0v) is 11.8. The largest absolute Gasteiger partial charge is 0.386 e. The molecular formula is C13H17Cl2NO2. The van der Waals surface area contributed by atoms with Gasteiger partial charge in [0.2, 0.25) is 0 Å². The summed E-state index contributed by atoms with van der Waals surface area (Å²) in [5.41, 5.74) is 0.219. The highest BCUT2D eigenvalue weighted by atomic mass is 35.5. The van der Waals surface area contributed by atoms with Crippen LogP contribution < -0.4 is 5.32 Å². The molecule has 2 rings (SSSR count). The summed E-state index contributed by atoms with van der Waals surface area (Å²) in [5, 5.41) is 14.7. The minimum absolute atomic E-state index is 0.0550. The fourth-order valence-corrected chi connectivity index (χ4v) is 2.61. The van der Waals surface area contributed by atoms with E-state index in [1.54, 1.807) is 6.07 Å². The van der Waals surface area contributed by atoms with Gasteiger partial charge < -0.3 is 15.2 Å². The molecule has 0 amide bonds. The SMILES string of the molecule is CC(NCC1(O)CCOC1)c1ccc(Cl)cc1Cl. The Bertz CT molecular complexity index is 419. The van der Waals surface area contributed by atoms with Gasteiger partial charge in [-0.15, -0.1) is 0 Å². The third kappa shape index (κ3) is 3.37. The van der Waals surface area contributed by atoms with Crippen LogP contribution in [0.4, 0.5) is 0 Å². The quantitative estimate of drug-likeness (QED) is 0.896. The molecule has 1 aromatic carbocycles. The van der Waals surface area contributed by atoms with Crippen LogP contribution in [0.3, 0.4) is 0 Å². The number of ether oxygens (including phenoxy) is 1. The third-order valence-corrected chi connectivity index (χ3v) is 3.81. The van der Waals surface area contributed by atoms with Crippen molar-refractivity contribution in [3.8, 4) is 0 Å². The zero-order valence-electron chi connectivity index (χ0n) is 10.2. The summed E-state index contributed by atoms with van der Waals surface area (Å²) in [6.45, 7) is 3.51. The fourth-order valence-electron chi connectivity index (χ4n) is 2.04. The maximum Gasteiger partial charge on any atom is 0.103 e. The predicted molar refractivity (Wildman–Crippen MR) is 73.3 cm³/mol. The molecule has 0 bridgehead atoms. The Balaban J connectivity index is 1.97. The highest BCUT2D eigenvalue weighted by molar-refractivity contribution is 6.35. The summed E-state index contributed by atoms with van der Waals surface area (Å²) < 4.78 is 5.20. The molecule has 18 heavy (non-hydrogen) atoms. The first-order chi connectivity index (χ1) is 8.50. The summed E-state index contributed by atoms with van der Waals surface area (Å²) in [7, 11) is 0. The van der Waals surface area contributed by atoms with Crippen molar-refractivity contribution in [2.75, 3.05) is 19.8 Å². The van der Waals surface area contributed by atoms with Crippen LogP contribution >= 0.6 is 23.2 Å². The number of halogens is 2. The van der Waals surface area contributed by atoms with E-state index in [1.165, 1.54) is 0 Å². The lowest BCUT2D eigenvalue weighted by Crippen LogP contribution is -2.41. The molecule has 1 saturated heterocycles. The normalized spacial score (nSPS) is 25.3. The van der Waals surface area contributed by atoms with Crippen LogP contribution in [0.5, 0.6) is 0 Å². The van der Waals surface area contributed by atoms with Crippen LogP contribution in [-0.2, 0) is 4.74 Å². The highest BCUT2D eigenvalue weighted by Gasteiger charge is 2.32. The molecule has 100 valence electrons. The van der Waals surface area contributed by atoms with Gasteiger partial charge in [0.1, 0.15) is 5.60 Å². The number of nitrogens with one attached hydrogen (secondary N) is 1. The summed E-state index contributed by atoms with van der Waals surface area (Å²) in [4.78, 5) is 0. The standard InChI is InChI=1S/C13H17Cl2NO2/c1-9(11-3-2-10(14)6-12(11)15)16-7-13(17)4-5-18-8-13/h2-3,6,9,16-17H,4-5,7-8H2,1H3. The molecule has 1 aromatic rings. The van der Waals surface area contributed by atoms with E-state index < -0.39 is 5.60 Å².